The standard InChI is InChI=1S/C18H21NO4.C4H9N3O2/c1-20-15-8-7-12(9-14(15)19)5-6-13-10-16(21-2)18(23-4)17(11-13)22-3;5-2(4(7)9)1-3(6)8/h5-11H,19H2,1-4H3;2H,1,5H2,(H2,6,8)(H2,7,9)/t;2-/m.0/s1. The molecule has 0 spiro atoms. The number of anilines is 1. The molecule has 0 radical (unpaired) electrons. The summed E-state index contributed by atoms with van der Waals surface area (Å²) in [5.74, 6) is 1.12. The van der Waals surface area contributed by atoms with Crippen LogP contribution in [0.5, 0.6) is 23.0 Å². The Morgan fingerprint density at radius 2 is 1.38 bits per heavy atom. The molecule has 8 N–H and O–H groups in total. The minimum atomic E-state index is -0.942. The van der Waals surface area contributed by atoms with E-state index in [1.165, 1.54) is 0 Å². The van der Waals surface area contributed by atoms with Crippen molar-refractivity contribution in [1.29, 1.82) is 0 Å². The van der Waals surface area contributed by atoms with Crippen LogP contribution in [0.15, 0.2) is 30.3 Å². The van der Waals surface area contributed by atoms with Gasteiger partial charge in [-0.3, -0.25) is 9.59 Å². The molecule has 2 rings (SSSR count). The summed E-state index contributed by atoms with van der Waals surface area (Å²) in [7, 11) is 6.36. The van der Waals surface area contributed by atoms with Gasteiger partial charge in [-0.05, 0) is 35.4 Å². The molecule has 0 bridgehead atoms. The Balaban J connectivity index is 0.000000482. The zero-order valence-corrected chi connectivity index (χ0v) is 18.6. The zero-order valence-electron chi connectivity index (χ0n) is 18.6. The normalized spacial score (nSPS) is 11.2. The number of hydrogen-bond donors (Lipinski definition) is 4. The average molecular weight is 447 g/mol. The van der Waals surface area contributed by atoms with Gasteiger partial charge in [0.1, 0.15) is 5.75 Å². The Morgan fingerprint density at radius 1 is 0.844 bits per heavy atom. The molecule has 2 aromatic rings. The highest BCUT2D eigenvalue weighted by Crippen LogP contribution is 2.38. The van der Waals surface area contributed by atoms with Gasteiger partial charge in [0.2, 0.25) is 17.6 Å². The Hall–Kier alpha value is -3.92. The Bertz CT molecular complexity index is 936. The smallest absolute Gasteiger partial charge is 0.234 e. The lowest BCUT2D eigenvalue weighted by Gasteiger charge is -2.12. The molecule has 0 heterocycles. The molecule has 174 valence electrons. The van der Waals surface area contributed by atoms with Crippen LogP contribution in [-0.4, -0.2) is 46.3 Å². The van der Waals surface area contributed by atoms with E-state index in [9.17, 15) is 9.59 Å². The van der Waals surface area contributed by atoms with Gasteiger partial charge in [0.25, 0.3) is 0 Å². The second-order valence-electron chi connectivity index (χ2n) is 6.47. The van der Waals surface area contributed by atoms with E-state index in [1.807, 2.05) is 42.5 Å². The highest BCUT2D eigenvalue weighted by Gasteiger charge is 2.12. The molecule has 2 aromatic carbocycles. The lowest BCUT2D eigenvalue weighted by atomic mass is 10.1. The van der Waals surface area contributed by atoms with E-state index in [0.29, 0.717) is 28.7 Å². The quantitative estimate of drug-likeness (QED) is 0.327. The largest absolute Gasteiger partial charge is 0.495 e. The lowest BCUT2D eigenvalue weighted by molar-refractivity contribution is -0.124. The molecule has 2 amide bonds. The molecule has 0 saturated heterocycles. The highest BCUT2D eigenvalue weighted by molar-refractivity contribution is 5.86. The number of ether oxygens (including phenoxy) is 4. The summed E-state index contributed by atoms with van der Waals surface area (Å²) in [5.41, 5.74) is 22.9. The van der Waals surface area contributed by atoms with Crippen molar-refractivity contribution < 1.29 is 28.5 Å². The number of carbonyl (C=O) groups excluding carboxylic acids is 2. The van der Waals surface area contributed by atoms with Crippen molar-refractivity contribution >= 4 is 29.7 Å². The Labute approximate surface area is 187 Å². The van der Waals surface area contributed by atoms with Crippen molar-refractivity contribution in [1.82, 2.24) is 0 Å². The first-order valence-corrected chi connectivity index (χ1v) is 9.41. The number of hydrogen-bond acceptors (Lipinski definition) is 8. The third kappa shape index (κ3) is 7.73. The number of benzene rings is 2. The fourth-order valence-corrected chi connectivity index (χ4v) is 2.56. The van der Waals surface area contributed by atoms with Crippen molar-refractivity contribution in [3.63, 3.8) is 0 Å². The molecule has 10 nitrogen and oxygen atoms in total. The number of methoxy groups -OCH3 is 4. The number of carbonyl (C=O) groups is 2. The molecule has 0 aromatic heterocycles. The first-order valence-electron chi connectivity index (χ1n) is 9.41. The fourth-order valence-electron chi connectivity index (χ4n) is 2.56. The molecule has 1 atom stereocenters. The van der Waals surface area contributed by atoms with E-state index in [-0.39, 0.29) is 6.42 Å². The number of nitrogen functional groups attached to an aromatic ring is 1. The van der Waals surface area contributed by atoms with Crippen LogP contribution in [0.1, 0.15) is 17.5 Å². The SMILES string of the molecule is COc1ccc(C=Cc2cc(OC)c(OC)c(OC)c2)cc1N.NC(=O)C[C@H](N)C(N)=O. The maximum Gasteiger partial charge on any atom is 0.234 e. The predicted octanol–water partition coefficient (Wildman–Crippen LogP) is 1.15. The van der Waals surface area contributed by atoms with Crippen molar-refractivity contribution in [2.24, 2.45) is 17.2 Å². The van der Waals surface area contributed by atoms with Gasteiger partial charge in [0.15, 0.2) is 11.5 Å². The molecule has 0 aliphatic heterocycles. The van der Waals surface area contributed by atoms with Gasteiger partial charge >= 0.3 is 0 Å². The molecular formula is C22H30N4O6. The van der Waals surface area contributed by atoms with Crippen LogP contribution in [0.3, 0.4) is 0 Å². The second-order valence-corrected chi connectivity index (χ2v) is 6.47. The van der Waals surface area contributed by atoms with E-state index in [4.69, 9.17) is 41.9 Å². The van der Waals surface area contributed by atoms with Crippen molar-refractivity contribution in [2.75, 3.05) is 34.2 Å². The third-order valence-electron chi connectivity index (χ3n) is 4.20. The topological polar surface area (TPSA) is 175 Å². The number of primary amides is 2. The fraction of sp³-hybridized carbons (Fsp3) is 0.273. The summed E-state index contributed by atoms with van der Waals surface area (Å²) in [4.78, 5) is 20.2. The summed E-state index contributed by atoms with van der Waals surface area (Å²) in [6, 6.07) is 8.44. The monoisotopic (exact) mass is 446 g/mol. The summed E-state index contributed by atoms with van der Waals surface area (Å²) in [6.07, 6.45) is 3.72. The van der Waals surface area contributed by atoms with Gasteiger partial charge in [-0.25, -0.2) is 0 Å². The van der Waals surface area contributed by atoms with Crippen LogP contribution in [-0.2, 0) is 9.59 Å². The Kier molecular flexibility index (Phi) is 10.4. The first-order chi connectivity index (χ1) is 15.2. The van der Waals surface area contributed by atoms with Gasteiger partial charge in [-0.1, -0.05) is 18.2 Å². The summed E-state index contributed by atoms with van der Waals surface area (Å²) >= 11 is 0. The molecular weight excluding hydrogens is 416 g/mol. The molecule has 0 unspecified atom stereocenters. The van der Waals surface area contributed by atoms with E-state index < -0.39 is 17.9 Å². The van der Waals surface area contributed by atoms with Crippen LogP contribution < -0.4 is 41.9 Å². The maximum atomic E-state index is 10.1. The van der Waals surface area contributed by atoms with Crippen molar-refractivity contribution in [3.8, 4) is 23.0 Å². The molecule has 0 aliphatic carbocycles. The molecule has 0 saturated carbocycles. The van der Waals surface area contributed by atoms with Gasteiger partial charge < -0.3 is 41.9 Å². The first kappa shape index (κ1) is 26.1. The minimum absolute atomic E-state index is 0.185. The minimum Gasteiger partial charge on any atom is -0.495 e. The zero-order chi connectivity index (χ0) is 24.3. The van der Waals surface area contributed by atoms with Crippen molar-refractivity contribution in [2.45, 2.75) is 12.5 Å². The summed E-state index contributed by atoms with van der Waals surface area (Å²) in [5, 5.41) is 0. The van der Waals surface area contributed by atoms with Gasteiger partial charge in [-0.15, -0.1) is 0 Å². The van der Waals surface area contributed by atoms with Gasteiger partial charge in [-0.2, -0.15) is 0 Å². The summed E-state index contributed by atoms with van der Waals surface area (Å²) in [6.45, 7) is 0. The Morgan fingerprint density at radius 3 is 1.75 bits per heavy atom. The molecule has 0 fully saturated rings. The van der Waals surface area contributed by atoms with Gasteiger partial charge in [0.05, 0.1) is 46.6 Å². The van der Waals surface area contributed by atoms with Crippen LogP contribution in [0.2, 0.25) is 0 Å². The number of amides is 2. The molecule has 0 aliphatic rings. The van der Waals surface area contributed by atoms with Crippen LogP contribution in [0.4, 0.5) is 5.69 Å². The van der Waals surface area contributed by atoms with E-state index in [0.717, 1.165) is 11.1 Å². The molecule has 32 heavy (non-hydrogen) atoms. The highest BCUT2D eigenvalue weighted by atomic mass is 16.5. The molecule has 10 heteroatoms. The van der Waals surface area contributed by atoms with Gasteiger partial charge in [0, 0.05) is 0 Å². The van der Waals surface area contributed by atoms with Crippen LogP contribution in [0.25, 0.3) is 12.2 Å². The van der Waals surface area contributed by atoms with Crippen LogP contribution in [0, 0.1) is 0 Å². The predicted molar refractivity (Wildman–Crippen MR) is 123 cm³/mol. The maximum absolute atomic E-state index is 10.1. The van der Waals surface area contributed by atoms with Crippen LogP contribution >= 0.6 is 0 Å². The number of nitrogens with two attached hydrogens (primary N) is 4. The van der Waals surface area contributed by atoms with E-state index >= 15 is 0 Å². The van der Waals surface area contributed by atoms with E-state index in [1.54, 1.807) is 28.4 Å². The number of rotatable bonds is 9. The second kappa shape index (κ2) is 12.7. The third-order valence-corrected chi connectivity index (χ3v) is 4.20. The lowest BCUT2D eigenvalue weighted by Crippen LogP contribution is -2.39. The van der Waals surface area contributed by atoms with Crippen molar-refractivity contribution in [3.05, 3.63) is 41.5 Å². The average Bonchev–Trinajstić information content (AvgIpc) is 2.76. The van der Waals surface area contributed by atoms with E-state index in [2.05, 4.69) is 0 Å². The summed E-state index contributed by atoms with van der Waals surface area (Å²) < 4.78 is 21.2.